The van der Waals surface area contributed by atoms with Gasteiger partial charge in [-0.1, -0.05) is 11.8 Å². The second-order valence-corrected chi connectivity index (χ2v) is 3.90. The lowest BCUT2D eigenvalue weighted by atomic mass is 10.3. The van der Waals surface area contributed by atoms with Crippen molar-refractivity contribution in [1.82, 2.24) is 9.97 Å². The SMILES string of the molecule is CSc1nc(CCO)c(Br)c(=O)[nH]1. The van der Waals surface area contributed by atoms with E-state index in [1.807, 2.05) is 6.26 Å². The van der Waals surface area contributed by atoms with Gasteiger partial charge in [0, 0.05) is 13.0 Å². The van der Waals surface area contributed by atoms with Gasteiger partial charge in [-0.05, 0) is 22.2 Å². The molecular formula is C7H9BrN2O2S. The fraction of sp³-hybridized carbons (Fsp3) is 0.429. The maximum absolute atomic E-state index is 11.3. The Bertz CT molecular complexity index is 353. The molecule has 0 saturated heterocycles. The van der Waals surface area contributed by atoms with Crippen molar-refractivity contribution in [1.29, 1.82) is 0 Å². The molecule has 0 bridgehead atoms. The molecule has 0 atom stereocenters. The highest BCUT2D eigenvalue weighted by Gasteiger charge is 2.07. The quantitative estimate of drug-likeness (QED) is 0.626. The fourth-order valence-corrected chi connectivity index (χ4v) is 1.63. The molecule has 1 rings (SSSR count). The molecule has 0 aliphatic carbocycles. The van der Waals surface area contributed by atoms with Crippen LogP contribution in [-0.4, -0.2) is 27.9 Å². The van der Waals surface area contributed by atoms with Gasteiger partial charge < -0.3 is 10.1 Å². The van der Waals surface area contributed by atoms with Crippen LogP contribution in [0.4, 0.5) is 0 Å². The van der Waals surface area contributed by atoms with Crippen LogP contribution in [-0.2, 0) is 6.42 Å². The Morgan fingerprint density at radius 1 is 1.69 bits per heavy atom. The molecule has 0 aliphatic heterocycles. The van der Waals surface area contributed by atoms with Crippen LogP contribution in [0, 0.1) is 0 Å². The molecule has 2 N–H and O–H groups in total. The average molecular weight is 265 g/mol. The maximum atomic E-state index is 11.3. The topological polar surface area (TPSA) is 66.0 Å². The maximum Gasteiger partial charge on any atom is 0.266 e. The number of aliphatic hydroxyl groups excluding tert-OH is 1. The zero-order chi connectivity index (χ0) is 9.84. The van der Waals surface area contributed by atoms with Crippen LogP contribution < -0.4 is 5.56 Å². The van der Waals surface area contributed by atoms with E-state index in [2.05, 4.69) is 25.9 Å². The number of hydrogen-bond donors (Lipinski definition) is 2. The standard InChI is InChI=1S/C7H9BrN2O2S/c1-13-7-9-4(2-3-11)5(8)6(12)10-7/h11H,2-3H2,1H3,(H,9,10,12). The summed E-state index contributed by atoms with van der Waals surface area (Å²) in [6, 6.07) is 0. The number of halogens is 1. The highest BCUT2D eigenvalue weighted by atomic mass is 79.9. The Hall–Kier alpha value is -0.330. The van der Waals surface area contributed by atoms with Crippen molar-refractivity contribution in [2.75, 3.05) is 12.9 Å². The molecular weight excluding hydrogens is 256 g/mol. The molecule has 1 aromatic rings. The first kappa shape index (κ1) is 10.7. The second-order valence-electron chi connectivity index (χ2n) is 2.31. The summed E-state index contributed by atoms with van der Waals surface area (Å²) in [6.07, 6.45) is 2.22. The van der Waals surface area contributed by atoms with Gasteiger partial charge in [-0.15, -0.1) is 0 Å². The number of nitrogens with zero attached hydrogens (tertiary/aromatic N) is 1. The smallest absolute Gasteiger partial charge is 0.266 e. The van der Waals surface area contributed by atoms with Crippen LogP contribution >= 0.6 is 27.7 Å². The first-order chi connectivity index (χ1) is 6.19. The van der Waals surface area contributed by atoms with Crippen LogP contribution in [0.5, 0.6) is 0 Å². The predicted octanol–water partition coefficient (Wildman–Crippen LogP) is 0.789. The Balaban J connectivity index is 3.17. The van der Waals surface area contributed by atoms with E-state index in [9.17, 15) is 4.79 Å². The van der Waals surface area contributed by atoms with Crippen molar-refractivity contribution in [3.05, 3.63) is 20.5 Å². The van der Waals surface area contributed by atoms with Crippen LogP contribution in [0.15, 0.2) is 14.4 Å². The molecule has 0 aromatic carbocycles. The number of thioether (sulfide) groups is 1. The number of aromatic amines is 1. The third-order valence-electron chi connectivity index (χ3n) is 1.45. The molecule has 4 nitrogen and oxygen atoms in total. The molecule has 0 unspecified atom stereocenters. The highest BCUT2D eigenvalue weighted by molar-refractivity contribution is 9.10. The number of H-pyrrole nitrogens is 1. The largest absolute Gasteiger partial charge is 0.396 e. The van der Waals surface area contributed by atoms with Gasteiger partial charge in [0.2, 0.25) is 0 Å². The average Bonchev–Trinajstić information content (AvgIpc) is 2.13. The van der Waals surface area contributed by atoms with Crippen LogP contribution in [0.2, 0.25) is 0 Å². The predicted molar refractivity (Wildman–Crippen MR) is 55.1 cm³/mol. The van der Waals surface area contributed by atoms with Gasteiger partial charge in [-0.25, -0.2) is 4.98 Å². The summed E-state index contributed by atoms with van der Waals surface area (Å²) in [5, 5.41) is 9.29. The van der Waals surface area contributed by atoms with Crippen molar-refractivity contribution in [3.63, 3.8) is 0 Å². The Morgan fingerprint density at radius 3 is 2.92 bits per heavy atom. The van der Waals surface area contributed by atoms with Crippen molar-refractivity contribution >= 4 is 27.7 Å². The van der Waals surface area contributed by atoms with E-state index < -0.39 is 0 Å². The van der Waals surface area contributed by atoms with E-state index in [0.717, 1.165) is 0 Å². The van der Waals surface area contributed by atoms with E-state index in [4.69, 9.17) is 5.11 Å². The van der Waals surface area contributed by atoms with Crippen molar-refractivity contribution in [2.24, 2.45) is 0 Å². The molecule has 1 aromatic heterocycles. The number of rotatable bonds is 3. The first-order valence-corrected chi connectivity index (χ1v) is 5.64. The Morgan fingerprint density at radius 2 is 2.38 bits per heavy atom. The van der Waals surface area contributed by atoms with Crippen molar-refractivity contribution in [2.45, 2.75) is 11.6 Å². The molecule has 0 radical (unpaired) electrons. The summed E-state index contributed by atoms with van der Waals surface area (Å²) in [5.74, 6) is 0. The molecule has 13 heavy (non-hydrogen) atoms. The van der Waals surface area contributed by atoms with Crippen molar-refractivity contribution < 1.29 is 5.11 Å². The summed E-state index contributed by atoms with van der Waals surface area (Å²) in [5.41, 5.74) is 0.387. The van der Waals surface area contributed by atoms with Crippen LogP contribution in [0.25, 0.3) is 0 Å². The molecule has 6 heteroatoms. The monoisotopic (exact) mass is 264 g/mol. The molecule has 0 spiro atoms. The summed E-state index contributed by atoms with van der Waals surface area (Å²) in [7, 11) is 0. The van der Waals surface area contributed by atoms with Crippen LogP contribution in [0.3, 0.4) is 0 Å². The molecule has 72 valence electrons. The van der Waals surface area contributed by atoms with E-state index >= 15 is 0 Å². The fourth-order valence-electron chi connectivity index (χ4n) is 0.851. The normalized spacial score (nSPS) is 10.4. The summed E-state index contributed by atoms with van der Waals surface area (Å²) in [6.45, 7) is -0.0110. The molecule has 1 heterocycles. The zero-order valence-corrected chi connectivity index (χ0v) is 9.41. The lowest BCUT2D eigenvalue weighted by Gasteiger charge is -2.02. The van der Waals surface area contributed by atoms with Gasteiger partial charge >= 0.3 is 0 Å². The number of aliphatic hydroxyl groups is 1. The summed E-state index contributed by atoms with van der Waals surface area (Å²) in [4.78, 5) is 18.0. The zero-order valence-electron chi connectivity index (χ0n) is 7.00. The second kappa shape index (κ2) is 4.78. The van der Waals surface area contributed by atoms with E-state index in [1.54, 1.807) is 0 Å². The number of aromatic nitrogens is 2. The van der Waals surface area contributed by atoms with E-state index in [0.29, 0.717) is 21.7 Å². The Labute approximate surface area is 87.9 Å². The minimum absolute atomic E-state index is 0.0110. The highest BCUT2D eigenvalue weighted by Crippen LogP contribution is 2.13. The Kier molecular flexibility index (Phi) is 3.95. The summed E-state index contributed by atoms with van der Waals surface area (Å²) < 4.78 is 0.402. The number of nitrogens with one attached hydrogen (secondary N) is 1. The molecule has 0 aliphatic rings. The molecule has 0 amide bonds. The minimum Gasteiger partial charge on any atom is -0.396 e. The third-order valence-corrected chi connectivity index (χ3v) is 2.85. The molecule has 0 saturated carbocycles. The number of hydrogen-bond acceptors (Lipinski definition) is 4. The lowest BCUT2D eigenvalue weighted by molar-refractivity contribution is 0.297. The van der Waals surface area contributed by atoms with Gasteiger partial charge in [-0.3, -0.25) is 4.79 Å². The van der Waals surface area contributed by atoms with Gasteiger partial charge in [0.1, 0.15) is 4.47 Å². The van der Waals surface area contributed by atoms with Crippen molar-refractivity contribution in [3.8, 4) is 0 Å². The first-order valence-electron chi connectivity index (χ1n) is 3.62. The van der Waals surface area contributed by atoms with Gasteiger partial charge in [0.15, 0.2) is 5.16 Å². The third kappa shape index (κ3) is 2.55. The van der Waals surface area contributed by atoms with E-state index in [1.165, 1.54) is 11.8 Å². The lowest BCUT2D eigenvalue weighted by Crippen LogP contribution is -2.13. The minimum atomic E-state index is -0.206. The van der Waals surface area contributed by atoms with E-state index in [-0.39, 0.29) is 12.2 Å². The van der Waals surface area contributed by atoms with Crippen LogP contribution in [0.1, 0.15) is 5.69 Å². The molecule has 0 fully saturated rings. The van der Waals surface area contributed by atoms with Gasteiger partial charge in [0.25, 0.3) is 5.56 Å². The van der Waals surface area contributed by atoms with Gasteiger partial charge in [0.05, 0.1) is 5.69 Å². The van der Waals surface area contributed by atoms with Gasteiger partial charge in [-0.2, -0.15) is 0 Å². The summed E-state index contributed by atoms with van der Waals surface area (Å²) >= 11 is 4.48.